The van der Waals surface area contributed by atoms with Gasteiger partial charge in [0.1, 0.15) is 5.69 Å². The van der Waals surface area contributed by atoms with Crippen LogP contribution in [0, 0.1) is 6.92 Å². The predicted molar refractivity (Wildman–Crippen MR) is 84.3 cm³/mol. The van der Waals surface area contributed by atoms with Gasteiger partial charge in [-0.1, -0.05) is 0 Å². The summed E-state index contributed by atoms with van der Waals surface area (Å²) in [6.45, 7) is 3.60. The molecule has 0 saturated carbocycles. The van der Waals surface area contributed by atoms with Gasteiger partial charge in [-0.2, -0.15) is 5.10 Å². The number of amides is 1. The molecule has 1 aliphatic heterocycles. The summed E-state index contributed by atoms with van der Waals surface area (Å²) < 4.78 is 1.87. The molecular weight excluding hydrogens is 310 g/mol. The molecule has 0 aromatic carbocycles. The molecule has 0 fully saturated rings. The van der Waals surface area contributed by atoms with Gasteiger partial charge in [0.15, 0.2) is 0 Å². The Hall–Kier alpha value is -2.77. The summed E-state index contributed by atoms with van der Waals surface area (Å²) >= 11 is 0. The van der Waals surface area contributed by atoms with Crippen LogP contribution in [0.25, 0.3) is 0 Å². The molecule has 3 rings (SSSR count). The predicted octanol–water partition coefficient (Wildman–Crippen LogP) is 1.04. The lowest BCUT2D eigenvalue weighted by Crippen LogP contribution is -2.31. The molecule has 1 aliphatic rings. The minimum absolute atomic E-state index is 0.0536. The van der Waals surface area contributed by atoms with Gasteiger partial charge in [-0.05, 0) is 19.4 Å². The number of rotatable bonds is 4. The van der Waals surface area contributed by atoms with Gasteiger partial charge in [0.2, 0.25) is 0 Å². The van der Waals surface area contributed by atoms with Gasteiger partial charge in [-0.15, -0.1) is 0 Å². The quantitative estimate of drug-likeness (QED) is 0.899. The summed E-state index contributed by atoms with van der Waals surface area (Å²) in [6, 6.07) is 1.88. The second kappa shape index (κ2) is 6.77. The lowest BCUT2D eigenvalue weighted by atomic mass is 10.2. The summed E-state index contributed by atoms with van der Waals surface area (Å²) in [7, 11) is 0. The number of aliphatic carboxylic acids is 1. The SMILES string of the molecule is Cc1cnc(C(=O)N2CCCn3nc(CCC(=O)O)cc3C2)cn1. The molecule has 2 aromatic rings. The van der Waals surface area contributed by atoms with E-state index < -0.39 is 5.97 Å². The molecule has 8 heteroatoms. The largest absolute Gasteiger partial charge is 0.481 e. The number of aromatic nitrogens is 4. The van der Waals surface area contributed by atoms with Gasteiger partial charge < -0.3 is 10.0 Å². The highest BCUT2D eigenvalue weighted by Crippen LogP contribution is 2.16. The number of carbonyl (C=O) groups is 2. The molecule has 2 aromatic heterocycles. The van der Waals surface area contributed by atoms with E-state index in [2.05, 4.69) is 15.1 Å². The van der Waals surface area contributed by atoms with Crippen molar-refractivity contribution >= 4 is 11.9 Å². The highest BCUT2D eigenvalue weighted by molar-refractivity contribution is 5.91. The summed E-state index contributed by atoms with van der Waals surface area (Å²) in [6.07, 6.45) is 4.32. The maximum absolute atomic E-state index is 12.6. The van der Waals surface area contributed by atoms with Gasteiger partial charge in [0.25, 0.3) is 5.91 Å². The molecular formula is C16H19N5O3. The molecule has 0 bridgehead atoms. The van der Waals surface area contributed by atoms with Crippen LogP contribution in [0.2, 0.25) is 0 Å². The maximum Gasteiger partial charge on any atom is 0.303 e. The zero-order chi connectivity index (χ0) is 17.1. The molecule has 0 saturated heterocycles. The normalized spacial score (nSPS) is 14.1. The molecule has 0 unspecified atom stereocenters. The minimum Gasteiger partial charge on any atom is -0.481 e. The van der Waals surface area contributed by atoms with E-state index in [-0.39, 0.29) is 12.3 Å². The first kappa shape index (κ1) is 16.1. The van der Waals surface area contributed by atoms with Crippen LogP contribution >= 0.6 is 0 Å². The molecule has 24 heavy (non-hydrogen) atoms. The van der Waals surface area contributed by atoms with Crippen LogP contribution in [0.5, 0.6) is 0 Å². The molecule has 126 valence electrons. The number of fused-ring (bicyclic) bond motifs is 1. The zero-order valence-corrected chi connectivity index (χ0v) is 13.5. The van der Waals surface area contributed by atoms with Crippen LogP contribution in [-0.4, -0.2) is 48.2 Å². The van der Waals surface area contributed by atoms with E-state index in [0.29, 0.717) is 31.7 Å². The molecule has 0 atom stereocenters. The fourth-order valence-electron chi connectivity index (χ4n) is 2.72. The van der Waals surface area contributed by atoms with Crippen molar-refractivity contribution < 1.29 is 14.7 Å². The van der Waals surface area contributed by atoms with E-state index >= 15 is 0 Å². The summed E-state index contributed by atoms with van der Waals surface area (Å²) in [5.41, 5.74) is 2.77. The number of hydrogen-bond donors (Lipinski definition) is 1. The third kappa shape index (κ3) is 3.58. The van der Waals surface area contributed by atoms with E-state index in [1.165, 1.54) is 6.20 Å². The Kier molecular flexibility index (Phi) is 4.54. The number of aryl methyl sites for hydroxylation is 3. The second-order valence-corrected chi connectivity index (χ2v) is 5.87. The van der Waals surface area contributed by atoms with Crippen LogP contribution in [0.4, 0.5) is 0 Å². The second-order valence-electron chi connectivity index (χ2n) is 5.87. The van der Waals surface area contributed by atoms with E-state index in [0.717, 1.165) is 23.5 Å². The fraction of sp³-hybridized carbons (Fsp3) is 0.438. The van der Waals surface area contributed by atoms with E-state index in [4.69, 9.17) is 5.11 Å². The summed E-state index contributed by atoms with van der Waals surface area (Å²) in [4.78, 5) is 33.3. The van der Waals surface area contributed by atoms with Crippen molar-refractivity contribution in [2.24, 2.45) is 0 Å². The lowest BCUT2D eigenvalue weighted by Gasteiger charge is -2.19. The van der Waals surface area contributed by atoms with Crippen molar-refractivity contribution in [1.29, 1.82) is 0 Å². The van der Waals surface area contributed by atoms with Crippen LogP contribution in [-0.2, 0) is 24.3 Å². The molecule has 1 amide bonds. The van der Waals surface area contributed by atoms with E-state index in [9.17, 15) is 9.59 Å². The Labute approximate surface area is 139 Å². The maximum atomic E-state index is 12.6. The molecule has 0 radical (unpaired) electrons. The Balaban J connectivity index is 1.75. The fourth-order valence-corrected chi connectivity index (χ4v) is 2.72. The third-order valence-electron chi connectivity index (χ3n) is 3.95. The van der Waals surface area contributed by atoms with E-state index in [1.807, 2.05) is 17.7 Å². The molecule has 0 spiro atoms. The lowest BCUT2D eigenvalue weighted by molar-refractivity contribution is -0.136. The van der Waals surface area contributed by atoms with Crippen LogP contribution < -0.4 is 0 Å². The first-order valence-corrected chi connectivity index (χ1v) is 7.88. The average Bonchev–Trinajstić information content (AvgIpc) is 2.83. The monoisotopic (exact) mass is 329 g/mol. The van der Waals surface area contributed by atoms with Crippen molar-refractivity contribution in [2.75, 3.05) is 6.54 Å². The number of carboxylic acids is 1. The number of nitrogens with zero attached hydrogens (tertiary/aromatic N) is 5. The van der Waals surface area contributed by atoms with Crippen molar-refractivity contribution in [3.05, 3.63) is 41.2 Å². The highest BCUT2D eigenvalue weighted by Gasteiger charge is 2.22. The first-order valence-electron chi connectivity index (χ1n) is 7.88. The van der Waals surface area contributed by atoms with Gasteiger partial charge in [-0.3, -0.25) is 19.3 Å². The number of carboxylic acid groups (broad SMARTS) is 1. The molecule has 0 aliphatic carbocycles. The molecule has 8 nitrogen and oxygen atoms in total. The molecule has 1 N–H and O–H groups in total. The van der Waals surface area contributed by atoms with Crippen LogP contribution in [0.1, 0.15) is 40.4 Å². The minimum atomic E-state index is -0.840. The Bertz CT molecular complexity index is 754. The number of hydrogen-bond acceptors (Lipinski definition) is 5. The number of carbonyl (C=O) groups excluding carboxylic acids is 1. The van der Waals surface area contributed by atoms with Crippen molar-refractivity contribution in [3.8, 4) is 0 Å². The summed E-state index contributed by atoms with van der Waals surface area (Å²) in [5, 5.41) is 13.2. The van der Waals surface area contributed by atoms with Gasteiger partial charge in [0.05, 0.1) is 36.2 Å². The zero-order valence-electron chi connectivity index (χ0n) is 13.5. The van der Waals surface area contributed by atoms with E-state index in [1.54, 1.807) is 11.1 Å². The van der Waals surface area contributed by atoms with Crippen LogP contribution in [0.15, 0.2) is 18.5 Å². The average molecular weight is 329 g/mol. The van der Waals surface area contributed by atoms with Crippen molar-refractivity contribution in [1.82, 2.24) is 24.6 Å². The summed E-state index contributed by atoms with van der Waals surface area (Å²) in [5.74, 6) is -0.989. The highest BCUT2D eigenvalue weighted by atomic mass is 16.4. The topological polar surface area (TPSA) is 101 Å². The Morgan fingerprint density at radius 3 is 2.79 bits per heavy atom. The van der Waals surface area contributed by atoms with Crippen LogP contribution in [0.3, 0.4) is 0 Å². The van der Waals surface area contributed by atoms with Gasteiger partial charge >= 0.3 is 5.97 Å². The first-order chi connectivity index (χ1) is 11.5. The van der Waals surface area contributed by atoms with Gasteiger partial charge in [-0.25, -0.2) is 4.98 Å². The molecule has 3 heterocycles. The van der Waals surface area contributed by atoms with Crippen molar-refractivity contribution in [2.45, 2.75) is 39.3 Å². The standard InChI is InChI=1S/C16H19N5O3/c1-11-8-18-14(9-17-11)16(24)20-5-2-6-21-13(10-20)7-12(19-21)3-4-15(22)23/h7-9H,2-6,10H2,1H3,(H,22,23). The third-order valence-corrected chi connectivity index (χ3v) is 3.95. The Morgan fingerprint density at radius 2 is 2.08 bits per heavy atom. The van der Waals surface area contributed by atoms with Gasteiger partial charge in [0, 0.05) is 25.7 Å². The Morgan fingerprint density at radius 1 is 1.25 bits per heavy atom. The van der Waals surface area contributed by atoms with Crippen molar-refractivity contribution in [3.63, 3.8) is 0 Å². The smallest absolute Gasteiger partial charge is 0.303 e.